The van der Waals surface area contributed by atoms with Crippen molar-refractivity contribution in [3.63, 3.8) is 0 Å². The number of aryl methyl sites for hydroxylation is 2. The minimum absolute atomic E-state index is 0.199. The largest absolute Gasteiger partial charge is 0.436 e. The molecule has 98 valence electrons. The first-order valence-electron chi connectivity index (χ1n) is 5.54. The summed E-state index contributed by atoms with van der Waals surface area (Å²) in [5.41, 5.74) is 7.13. The summed E-state index contributed by atoms with van der Waals surface area (Å²) in [6.07, 6.45) is 3.17. The lowest BCUT2D eigenvalue weighted by Crippen LogP contribution is -2.15. The average Bonchev–Trinajstić information content (AvgIpc) is 2.26. The minimum atomic E-state index is -0.567. The summed E-state index contributed by atoms with van der Waals surface area (Å²) in [5.74, 6) is 0.113. The van der Waals surface area contributed by atoms with E-state index in [0.717, 1.165) is 15.7 Å². The highest BCUT2D eigenvalue weighted by atomic mass is 79.9. The molecule has 0 radical (unpaired) electrons. The molecule has 0 atom stereocenters. The van der Waals surface area contributed by atoms with E-state index in [1.54, 1.807) is 25.3 Å². The van der Waals surface area contributed by atoms with Crippen LogP contribution in [-0.4, -0.2) is 15.9 Å². The summed E-state index contributed by atoms with van der Waals surface area (Å²) in [4.78, 5) is 19.7. The van der Waals surface area contributed by atoms with Crippen LogP contribution in [0.1, 0.15) is 21.6 Å². The lowest BCUT2D eigenvalue weighted by molar-refractivity contribution is 0.0997. The zero-order valence-electron chi connectivity index (χ0n) is 10.5. The van der Waals surface area contributed by atoms with Crippen LogP contribution in [0.5, 0.6) is 11.6 Å². The molecule has 0 unspecified atom stereocenters. The van der Waals surface area contributed by atoms with Crippen molar-refractivity contribution in [2.75, 3.05) is 0 Å². The van der Waals surface area contributed by atoms with Crippen LogP contribution < -0.4 is 10.5 Å². The lowest BCUT2D eigenvalue weighted by atomic mass is 10.1. The number of carbonyl (C=O) groups excluding carboxylic acids is 1. The summed E-state index contributed by atoms with van der Waals surface area (Å²) in [6, 6.07) is 3.52. The molecule has 0 aliphatic rings. The molecule has 0 saturated heterocycles. The molecule has 0 aliphatic carbocycles. The molecule has 0 saturated carbocycles. The molecule has 0 aromatic carbocycles. The number of nitrogens with zero attached hydrogens (tertiary/aromatic N) is 2. The average molecular weight is 322 g/mol. The van der Waals surface area contributed by atoms with E-state index in [1.807, 2.05) is 6.92 Å². The maximum Gasteiger partial charge on any atom is 0.254 e. The standard InChI is InChI=1S/C13H12BrN3O2/c1-7-3-8(2)17-13(11(7)12(15)18)19-10-4-9(14)5-16-6-10/h3-6H,1-2H3,(H2,15,18). The Morgan fingerprint density at radius 3 is 2.68 bits per heavy atom. The van der Waals surface area contributed by atoms with E-state index >= 15 is 0 Å². The fraction of sp³-hybridized carbons (Fsp3) is 0.154. The number of pyridine rings is 2. The summed E-state index contributed by atoms with van der Waals surface area (Å²) in [6.45, 7) is 3.62. The van der Waals surface area contributed by atoms with Gasteiger partial charge in [-0.2, -0.15) is 0 Å². The smallest absolute Gasteiger partial charge is 0.254 e. The van der Waals surface area contributed by atoms with Crippen LogP contribution in [0.3, 0.4) is 0 Å². The number of hydrogen-bond donors (Lipinski definition) is 1. The van der Waals surface area contributed by atoms with Crippen molar-refractivity contribution < 1.29 is 9.53 Å². The van der Waals surface area contributed by atoms with Gasteiger partial charge in [-0.1, -0.05) is 0 Å². The van der Waals surface area contributed by atoms with Gasteiger partial charge in [0, 0.05) is 16.4 Å². The van der Waals surface area contributed by atoms with E-state index in [-0.39, 0.29) is 11.4 Å². The predicted octanol–water partition coefficient (Wildman–Crippen LogP) is 2.75. The molecule has 6 heteroatoms. The van der Waals surface area contributed by atoms with Crippen LogP contribution in [0.25, 0.3) is 0 Å². The highest BCUT2D eigenvalue weighted by Crippen LogP contribution is 2.27. The van der Waals surface area contributed by atoms with Crippen LogP contribution in [0, 0.1) is 13.8 Å². The van der Waals surface area contributed by atoms with Crippen LogP contribution in [0.15, 0.2) is 29.0 Å². The second-order valence-electron chi connectivity index (χ2n) is 4.07. The number of halogens is 1. The molecule has 2 aromatic heterocycles. The summed E-state index contributed by atoms with van der Waals surface area (Å²) in [5, 5.41) is 0. The van der Waals surface area contributed by atoms with Crippen LogP contribution in [-0.2, 0) is 0 Å². The highest BCUT2D eigenvalue weighted by Gasteiger charge is 2.16. The number of nitrogens with two attached hydrogens (primary N) is 1. The van der Waals surface area contributed by atoms with E-state index in [4.69, 9.17) is 10.5 Å². The summed E-state index contributed by atoms with van der Waals surface area (Å²) in [7, 11) is 0. The Kier molecular flexibility index (Phi) is 3.80. The molecule has 0 bridgehead atoms. The second-order valence-corrected chi connectivity index (χ2v) is 4.98. The zero-order valence-corrected chi connectivity index (χ0v) is 12.1. The molecular formula is C13H12BrN3O2. The Hall–Kier alpha value is -1.95. The van der Waals surface area contributed by atoms with Gasteiger partial charge in [-0.25, -0.2) is 4.98 Å². The molecule has 2 aromatic rings. The number of amides is 1. The highest BCUT2D eigenvalue weighted by molar-refractivity contribution is 9.10. The monoisotopic (exact) mass is 321 g/mol. The fourth-order valence-corrected chi connectivity index (χ4v) is 2.08. The molecule has 0 fully saturated rings. The number of aromatic nitrogens is 2. The molecule has 0 spiro atoms. The third-order valence-electron chi connectivity index (χ3n) is 2.45. The van der Waals surface area contributed by atoms with Gasteiger partial charge in [0.25, 0.3) is 5.91 Å². The fourth-order valence-electron chi connectivity index (χ4n) is 1.74. The van der Waals surface area contributed by atoms with Gasteiger partial charge in [0.1, 0.15) is 11.3 Å². The van der Waals surface area contributed by atoms with Gasteiger partial charge in [-0.3, -0.25) is 9.78 Å². The molecule has 1 amide bonds. The van der Waals surface area contributed by atoms with Gasteiger partial charge < -0.3 is 10.5 Å². The Morgan fingerprint density at radius 2 is 2.05 bits per heavy atom. The maximum absolute atomic E-state index is 11.5. The van der Waals surface area contributed by atoms with Gasteiger partial charge in [0.2, 0.25) is 5.88 Å². The number of rotatable bonds is 3. The molecule has 2 rings (SSSR count). The maximum atomic E-state index is 11.5. The first-order chi connectivity index (χ1) is 8.97. The van der Waals surface area contributed by atoms with Gasteiger partial charge in [0.05, 0.1) is 6.20 Å². The number of ether oxygens (including phenoxy) is 1. The number of carbonyl (C=O) groups is 1. The van der Waals surface area contributed by atoms with Crippen molar-refractivity contribution in [3.8, 4) is 11.6 Å². The van der Waals surface area contributed by atoms with Crippen molar-refractivity contribution >= 4 is 21.8 Å². The van der Waals surface area contributed by atoms with Crippen molar-refractivity contribution in [2.24, 2.45) is 5.73 Å². The van der Waals surface area contributed by atoms with Crippen molar-refractivity contribution in [1.29, 1.82) is 0 Å². The molecule has 5 nitrogen and oxygen atoms in total. The third-order valence-corrected chi connectivity index (χ3v) is 2.89. The molecule has 2 N–H and O–H groups in total. The Bertz CT molecular complexity index is 644. The Labute approximate surface area is 119 Å². The Morgan fingerprint density at radius 1 is 1.32 bits per heavy atom. The van der Waals surface area contributed by atoms with Gasteiger partial charge >= 0.3 is 0 Å². The van der Waals surface area contributed by atoms with Gasteiger partial charge in [-0.15, -0.1) is 0 Å². The molecule has 2 heterocycles. The van der Waals surface area contributed by atoms with E-state index in [0.29, 0.717) is 5.75 Å². The van der Waals surface area contributed by atoms with Crippen molar-refractivity contribution in [2.45, 2.75) is 13.8 Å². The van der Waals surface area contributed by atoms with Gasteiger partial charge in [-0.05, 0) is 47.5 Å². The lowest BCUT2D eigenvalue weighted by Gasteiger charge is -2.11. The van der Waals surface area contributed by atoms with Crippen molar-refractivity contribution in [1.82, 2.24) is 9.97 Å². The number of primary amides is 1. The van der Waals surface area contributed by atoms with Crippen molar-refractivity contribution in [3.05, 3.63) is 45.8 Å². The molecule has 19 heavy (non-hydrogen) atoms. The molecular weight excluding hydrogens is 310 g/mol. The SMILES string of the molecule is Cc1cc(C)c(C(N)=O)c(Oc2cncc(Br)c2)n1. The summed E-state index contributed by atoms with van der Waals surface area (Å²) < 4.78 is 6.38. The zero-order chi connectivity index (χ0) is 14.0. The Balaban J connectivity index is 2.47. The molecule has 0 aliphatic heterocycles. The van der Waals surface area contributed by atoms with E-state index in [1.165, 1.54) is 6.20 Å². The second kappa shape index (κ2) is 5.36. The number of hydrogen-bond acceptors (Lipinski definition) is 4. The topological polar surface area (TPSA) is 78.1 Å². The first kappa shape index (κ1) is 13.5. The van der Waals surface area contributed by atoms with Gasteiger partial charge in [0.15, 0.2) is 0 Å². The van der Waals surface area contributed by atoms with Crippen LogP contribution >= 0.6 is 15.9 Å². The van der Waals surface area contributed by atoms with E-state index < -0.39 is 5.91 Å². The first-order valence-corrected chi connectivity index (χ1v) is 6.33. The third kappa shape index (κ3) is 3.08. The quantitative estimate of drug-likeness (QED) is 0.942. The normalized spacial score (nSPS) is 10.3. The van der Waals surface area contributed by atoms with Crippen LogP contribution in [0.4, 0.5) is 0 Å². The van der Waals surface area contributed by atoms with E-state index in [2.05, 4.69) is 25.9 Å². The summed E-state index contributed by atoms with van der Waals surface area (Å²) >= 11 is 3.30. The van der Waals surface area contributed by atoms with E-state index in [9.17, 15) is 4.79 Å². The predicted molar refractivity (Wildman–Crippen MR) is 74.2 cm³/mol. The minimum Gasteiger partial charge on any atom is -0.436 e. The van der Waals surface area contributed by atoms with Crippen LogP contribution in [0.2, 0.25) is 0 Å².